The van der Waals surface area contributed by atoms with Crippen LogP contribution >= 0.6 is 0 Å². The lowest BCUT2D eigenvalue weighted by Crippen LogP contribution is -2.72. The number of carbonyl (C=O) groups excluding carboxylic acids is 2. The first-order chi connectivity index (χ1) is 15.6. The van der Waals surface area contributed by atoms with Crippen LogP contribution in [-0.2, 0) is 20.4 Å². The fraction of sp³-hybridized carbons (Fsp3) is 0.720. The number of ketones is 1. The second kappa shape index (κ2) is 5.94. The summed E-state index contributed by atoms with van der Waals surface area (Å²) in [4.78, 5) is 37.0. The minimum Gasteiger partial charge on any atom is -0.339 e. The van der Waals surface area contributed by atoms with E-state index in [4.69, 9.17) is 4.52 Å². The van der Waals surface area contributed by atoms with Gasteiger partial charge in [-0.2, -0.15) is 4.98 Å². The number of hydrogen-bond acceptors (Lipinski definition) is 6. The predicted octanol–water partition coefficient (Wildman–Crippen LogP) is 3.30. The highest BCUT2D eigenvalue weighted by atomic mass is 16.5. The van der Waals surface area contributed by atoms with Crippen LogP contribution in [0.25, 0.3) is 0 Å². The van der Waals surface area contributed by atoms with Gasteiger partial charge in [0.25, 0.3) is 5.91 Å². The maximum Gasteiger partial charge on any atom is 0.290 e. The van der Waals surface area contributed by atoms with Gasteiger partial charge < -0.3 is 14.0 Å². The largest absolute Gasteiger partial charge is 0.339 e. The fourth-order valence-corrected chi connectivity index (χ4v) is 6.84. The van der Waals surface area contributed by atoms with Gasteiger partial charge in [0.1, 0.15) is 0 Å². The molecular formula is C25H31N5O3. The van der Waals surface area contributed by atoms with Crippen LogP contribution in [0.5, 0.6) is 0 Å². The molecule has 5 aliphatic carbocycles. The van der Waals surface area contributed by atoms with E-state index in [-0.39, 0.29) is 27.9 Å². The van der Waals surface area contributed by atoms with Crippen molar-refractivity contribution in [2.45, 2.75) is 88.5 Å². The van der Waals surface area contributed by atoms with Gasteiger partial charge in [-0.25, -0.2) is 4.98 Å². The van der Waals surface area contributed by atoms with Gasteiger partial charge >= 0.3 is 0 Å². The van der Waals surface area contributed by atoms with Crippen LogP contribution in [0.4, 0.5) is 0 Å². The Kier molecular flexibility index (Phi) is 3.58. The molecule has 6 aliphatic rings. The van der Waals surface area contributed by atoms with Gasteiger partial charge in [0.15, 0.2) is 5.82 Å². The average molecular weight is 450 g/mol. The fourth-order valence-electron chi connectivity index (χ4n) is 6.84. The number of imidazole rings is 1. The molecule has 0 radical (unpaired) electrons. The Morgan fingerprint density at radius 1 is 1.12 bits per heavy atom. The van der Waals surface area contributed by atoms with Crippen molar-refractivity contribution in [2.24, 2.45) is 10.8 Å². The van der Waals surface area contributed by atoms with E-state index in [1.807, 2.05) is 27.1 Å². The summed E-state index contributed by atoms with van der Waals surface area (Å²) in [6, 6.07) is 0.489. The van der Waals surface area contributed by atoms with Crippen LogP contribution < -0.4 is 0 Å². The zero-order valence-corrected chi connectivity index (χ0v) is 19.6. The maximum absolute atomic E-state index is 13.1. The second-order valence-electron chi connectivity index (χ2n) is 12.8. The van der Waals surface area contributed by atoms with Gasteiger partial charge in [-0.1, -0.05) is 25.9 Å². The molecule has 5 saturated carbocycles. The van der Waals surface area contributed by atoms with Crippen molar-refractivity contribution in [2.75, 3.05) is 13.1 Å². The van der Waals surface area contributed by atoms with E-state index in [1.165, 1.54) is 18.5 Å². The number of likely N-dealkylation sites (tertiary alicyclic amines) is 1. The van der Waals surface area contributed by atoms with E-state index < -0.39 is 5.41 Å². The van der Waals surface area contributed by atoms with Gasteiger partial charge in [0, 0.05) is 52.9 Å². The molecule has 2 bridgehead atoms. The summed E-state index contributed by atoms with van der Waals surface area (Å²) in [6.45, 7) is 7.57. The molecule has 2 aromatic rings. The molecule has 3 heterocycles. The first-order valence-electron chi connectivity index (χ1n) is 12.3. The molecule has 0 atom stereocenters. The van der Waals surface area contributed by atoms with Crippen molar-refractivity contribution >= 4 is 11.7 Å². The first-order valence-corrected chi connectivity index (χ1v) is 12.3. The Morgan fingerprint density at radius 3 is 2.42 bits per heavy atom. The lowest BCUT2D eigenvalue weighted by molar-refractivity contribution is -0.188. The molecule has 0 unspecified atom stereocenters. The summed E-state index contributed by atoms with van der Waals surface area (Å²) < 4.78 is 7.72. The number of amides is 1. The molecule has 1 amide bonds. The van der Waals surface area contributed by atoms with Gasteiger partial charge in [-0.15, -0.1) is 0 Å². The second-order valence-corrected chi connectivity index (χ2v) is 12.8. The molecule has 8 heteroatoms. The SMILES string of the molecule is CC(C)(C)c1nc(C23CC(C(=O)C(=O)N4CC5(CC(n6cnc(C7CC7)c6)C5)C4)(C2)C3)no1. The predicted molar refractivity (Wildman–Crippen MR) is 117 cm³/mol. The van der Waals surface area contributed by atoms with E-state index in [2.05, 4.69) is 25.9 Å². The molecule has 1 aliphatic heterocycles. The molecule has 0 aromatic carbocycles. The standard InChI is InChI=1S/C25H31N5O3/c1-22(2,3)21-27-20(28-33-21)25-9-24(10-25,11-25)18(31)19(32)30-12-23(13-30)6-16(7-23)29-8-17(26-14-29)15-4-5-15/h8,14-16H,4-7,9-13H2,1-3H3. The summed E-state index contributed by atoms with van der Waals surface area (Å²) in [6.07, 6.45) is 10.9. The summed E-state index contributed by atoms with van der Waals surface area (Å²) in [5.41, 5.74) is 0.604. The number of Topliss-reactive ketones (excluding diaryl/α,β-unsaturated/α-hetero) is 1. The minimum absolute atomic E-state index is 0.162. The summed E-state index contributed by atoms with van der Waals surface area (Å²) >= 11 is 0. The topological polar surface area (TPSA) is 94.1 Å². The molecule has 8 rings (SSSR count). The van der Waals surface area contributed by atoms with E-state index in [0.717, 1.165) is 25.9 Å². The first kappa shape index (κ1) is 19.9. The number of hydrogen-bond donors (Lipinski definition) is 0. The minimum atomic E-state index is -0.486. The van der Waals surface area contributed by atoms with Crippen molar-refractivity contribution in [1.29, 1.82) is 0 Å². The highest BCUT2D eigenvalue weighted by Crippen LogP contribution is 2.73. The summed E-state index contributed by atoms with van der Waals surface area (Å²) in [7, 11) is 0. The molecular weight excluding hydrogens is 418 g/mol. The third-order valence-electron chi connectivity index (χ3n) is 8.96. The molecule has 0 N–H and O–H groups in total. The van der Waals surface area contributed by atoms with Crippen LogP contribution in [0.1, 0.15) is 95.1 Å². The monoisotopic (exact) mass is 449 g/mol. The number of nitrogens with zero attached hydrogens (tertiary/aromatic N) is 5. The highest BCUT2D eigenvalue weighted by Gasteiger charge is 2.75. The molecule has 1 saturated heterocycles. The molecule has 8 nitrogen and oxygen atoms in total. The smallest absolute Gasteiger partial charge is 0.290 e. The Hall–Kier alpha value is -2.51. The van der Waals surface area contributed by atoms with Gasteiger partial charge in [0.05, 0.1) is 12.0 Å². The Bertz CT molecular complexity index is 1150. The Morgan fingerprint density at radius 2 is 1.82 bits per heavy atom. The van der Waals surface area contributed by atoms with Crippen molar-refractivity contribution in [3.05, 3.63) is 29.9 Å². The zero-order chi connectivity index (χ0) is 22.8. The van der Waals surface area contributed by atoms with Gasteiger partial charge in [-0.05, 0) is 44.9 Å². The maximum atomic E-state index is 13.1. The van der Waals surface area contributed by atoms with Crippen molar-refractivity contribution in [3.8, 4) is 0 Å². The van der Waals surface area contributed by atoms with Crippen molar-refractivity contribution in [3.63, 3.8) is 0 Å². The van der Waals surface area contributed by atoms with Crippen LogP contribution in [0.15, 0.2) is 17.0 Å². The van der Waals surface area contributed by atoms with Crippen LogP contribution in [-0.4, -0.2) is 49.4 Å². The average Bonchev–Trinajstić information content (AvgIpc) is 3.15. The Balaban J connectivity index is 0.931. The quantitative estimate of drug-likeness (QED) is 0.650. The van der Waals surface area contributed by atoms with Crippen LogP contribution in [0, 0.1) is 10.8 Å². The van der Waals surface area contributed by atoms with Gasteiger partial charge in [-0.3, -0.25) is 9.59 Å². The van der Waals surface area contributed by atoms with Crippen LogP contribution in [0.2, 0.25) is 0 Å². The normalized spacial score (nSPS) is 32.0. The summed E-state index contributed by atoms with van der Waals surface area (Å²) in [5, 5.41) is 4.20. The molecule has 1 spiro atoms. The van der Waals surface area contributed by atoms with E-state index in [0.29, 0.717) is 42.9 Å². The molecule has 174 valence electrons. The van der Waals surface area contributed by atoms with E-state index in [9.17, 15) is 9.59 Å². The number of carbonyl (C=O) groups is 2. The van der Waals surface area contributed by atoms with E-state index >= 15 is 0 Å². The Labute approximate surface area is 193 Å². The van der Waals surface area contributed by atoms with E-state index in [1.54, 1.807) is 4.90 Å². The molecule has 2 aromatic heterocycles. The summed E-state index contributed by atoms with van der Waals surface area (Å²) in [5.74, 6) is 1.54. The molecule has 6 fully saturated rings. The third-order valence-corrected chi connectivity index (χ3v) is 8.96. The molecule has 33 heavy (non-hydrogen) atoms. The number of rotatable bonds is 5. The van der Waals surface area contributed by atoms with Crippen molar-refractivity contribution in [1.82, 2.24) is 24.6 Å². The number of aromatic nitrogens is 4. The third kappa shape index (κ3) is 2.72. The highest BCUT2D eigenvalue weighted by molar-refractivity contribution is 6.39. The van der Waals surface area contributed by atoms with Crippen molar-refractivity contribution < 1.29 is 14.1 Å². The lowest BCUT2D eigenvalue weighted by atomic mass is 9.33. The van der Waals surface area contributed by atoms with Gasteiger partial charge in [0.2, 0.25) is 11.7 Å². The zero-order valence-electron chi connectivity index (χ0n) is 19.6. The lowest BCUT2D eigenvalue weighted by Gasteiger charge is -2.68. The van der Waals surface area contributed by atoms with Crippen LogP contribution in [0.3, 0.4) is 0 Å².